The summed E-state index contributed by atoms with van der Waals surface area (Å²) >= 11 is 0. The molecule has 0 unspecified atom stereocenters. The van der Waals surface area contributed by atoms with E-state index in [2.05, 4.69) is 23.3 Å². The standard InChI is InChI=1S/C20H22N2O3/c1-2-14-4-3-5-18-15(13-21-20(14)18)12-19(24)22-16-6-8-17(9-7-16)25-11-10-23/h3-9,13,21,23H,2,10-12H2,1H3,(H,22,24). The molecular formula is C20H22N2O3. The van der Waals surface area contributed by atoms with Crippen LogP contribution >= 0.6 is 0 Å². The first kappa shape index (κ1) is 17.0. The predicted octanol–water partition coefficient (Wildman–Crippen LogP) is 3.28. The number of para-hydroxylation sites is 1. The van der Waals surface area contributed by atoms with Crippen molar-refractivity contribution in [2.75, 3.05) is 18.5 Å². The molecule has 3 aromatic rings. The third-order valence-corrected chi connectivity index (χ3v) is 4.12. The molecule has 0 aliphatic rings. The third-order valence-electron chi connectivity index (χ3n) is 4.12. The molecule has 25 heavy (non-hydrogen) atoms. The molecule has 0 bridgehead atoms. The molecule has 0 radical (unpaired) electrons. The molecule has 0 spiro atoms. The number of aliphatic hydroxyl groups excluding tert-OH is 1. The molecule has 0 aliphatic carbocycles. The zero-order chi connectivity index (χ0) is 17.6. The van der Waals surface area contributed by atoms with E-state index in [1.165, 1.54) is 5.56 Å². The number of nitrogens with one attached hydrogen (secondary N) is 2. The van der Waals surface area contributed by atoms with E-state index >= 15 is 0 Å². The number of carbonyl (C=O) groups excluding carboxylic acids is 1. The quantitative estimate of drug-likeness (QED) is 0.619. The number of hydrogen-bond acceptors (Lipinski definition) is 3. The lowest BCUT2D eigenvalue weighted by atomic mass is 10.1. The molecule has 5 heteroatoms. The van der Waals surface area contributed by atoms with Crippen LogP contribution < -0.4 is 10.1 Å². The van der Waals surface area contributed by atoms with E-state index in [-0.39, 0.29) is 19.1 Å². The Morgan fingerprint density at radius 1 is 1.16 bits per heavy atom. The summed E-state index contributed by atoms with van der Waals surface area (Å²) in [7, 11) is 0. The monoisotopic (exact) mass is 338 g/mol. The van der Waals surface area contributed by atoms with Crippen molar-refractivity contribution < 1.29 is 14.6 Å². The van der Waals surface area contributed by atoms with Gasteiger partial charge in [0.15, 0.2) is 0 Å². The minimum atomic E-state index is -0.0631. The van der Waals surface area contributed by atoms with E-state index in [1.54, 1.807) is 24.3 Å². The molecule has 0 saturated carbocycles. The van der Waals surface area contributed by atoms with Crippen LogP contribution in [-0.4, -0.2) is 29.2 Å². The summed E-state index contributed by atoms with van der Waals surface area (Å²) in [6.45, 7) is 2.35. The van der Waals surface area contributed by atoms with Crippen LogP contribution in [0, 0.1) is 0 Å². The molecular weight excluding hydrogens is 316 g/mol. The van der Waals surface area contributed by atoms with Crippen molar-refractivity contribution in [1.29, 1.82) is 0 Å². The zero-order valence-corrected chi connectivity index (χ0v) is 14.2. The van der Waals surface area contributed by atoms with Crippen LogP contribution in [0.1, 0.15) is 18.1 Å². The number of anilines is 1. The van der Waals surface area contributed by atoms with Crippen molar-refractivity contribution >= 4 is 22.5 Å². The summed E-state index contributed by atoms with van der Waals surface area (Å²) in [5.74, 6) is 0.600. The first-order valence-corrected chi connectivity index (χ1v) is 8.42. The SMILES string of the molecule is CCc1cccc2c(CC(=O)Nc3ccc(OCCO)cc3)c[nH]c12. The van der Waals surface area contributed by atoms with Gasteiger partial charge in [-0.25, -0.2) is 0 Å². The van der Waals surface area contributed by atoms with Crippen LogP contribution in [0.5, 0.6) is 5.75 Å². The van der Waals surface area contributed by atoms with Gasteiger partial charge in [0.2, 0.25) is 5.91 Å². The number of aliphatic hydroxyl groups is 1. The van der Waals surface area contributed by atoms with Gasteiger partial charge in [0.25, 0.3) is 0 Å². The summed E-state index contributed by atoms with van der Waals surface area (Å²) < 4.78 is 5.30. The third kappa shape index (κ3) is 4.00. The molecule has 0 fully saturated rings. The first-order chi connectivity index (χ1) is 12.2. The molecule has 1 amide bonds. The lowest BCUT2D eigenvalue weighted by Gasteiger charge is -2.07. The molecule has 3 N–H and O–H groups in total. The number of hydrogen-bond donors (Lipinski definition) is 3. The number of aromatic amines is 1. The average Bonchev–Trinajstić information content (AvgIpc) is 3.04. The van der Waals surface area contributed by atoms with Gasteiger partial charge in [-0.15, -0.1) is 0 Å². The highest BCUT2D eigenvalue weighted by Crippen LogP contribution is 2.23. The van der Waals surface area contributed by atoms with E-state index in [1.807, 2.05) is 18.3 Å². The smallest absolute Gasteiger partial charge is 0.228 e. The van der Waals surface area contributed by atoms with E-state index in [9.17, 15) is 4.79 Å². The van der Waals surface area contributed by atoms with Crippen molar-refractivity contribution in [3.8, 4) is 5.75 Å². The number of fused-ring (bicyclic) bond motifs is 1. The van der Waals surface area contributed by atoms with Gasteiger partial charge in [-0.1, -0.05) is 25.1 Å². The predicted molar refractivity (Wildman–Crippen MR) is 99.0 cm³/mol. The van der Waals surface area contributed by atoms with E-state index < -0.39 is 0 Å². The topological polar surface area (TPSA) is 74.3 Å². The Hall–Kier alpha value is -2.79. The summed E-state index contributed by atoms with van der Waals surface area (Å²) in [5.41, 5.74) is 4.07. The number of aryl methyl sites for hydroxylation is 1. The van der Waals surface area contributed by atoms with Crippen LogP contribution in [0.2, 0.25) is 0 Å². The molecule has 1 aromatic heterocycles. The summed E-state index contributed by atoms with van der Waals surface area (Å²) in [5, 5.41) is 12.7. The van der Waals surface area contributed by atoms with Gasteiger partial charge in [-0.2, -0.15) is 0 Å². The number of rotatable bonds is 7. The summed E-state index contributed by atoms with van der Waals surface area (Å²) in [6, 6.07) is 13.3. The molecule has 3 rings (SSSR count). The lowest BCUT2D eigenvalue weighted by Crippen LogP contribution is -2.14. The molecule has 5 nitrogen and oxygen atoms in total. The van der Waals surface area contributed by atoms with Gasteiger partial charge in [0, 0.05) is 22.8 Å². The lowest BCUT2D eigenvalue weighted by molar-refractivity contribution is -0.115. The van der Waals surface area contributed by atoms with Crippen LogP contribution in [-0.2, 0) is 17.6 Å². The highest BCUT2D eigenvalue weighted by Gasteiger charge is 2.11. The summed E-state index contributed by atoms with van der Waals surface area (Å²) in [6.07, 6.45) is 3.18. The first-order valence-electron chi connectivity index (χ1n) is 8.42. The van der Waals surface area contributed by atoms with Gasteiger partial charge in [0.1, 0.15) is 12.4 Å². The number of carbonyl (C=O) groups is 1. The Bertz CT molecular complexity index is 853. The molecule has 130 valence electrons. The van der Waals surface area contributed by atoms with Crippen LogP contribution in [0.4, 0.5) is 5.69 Å². The van der Waals surface area contributed by atoms with Gasteiger partial charge in [-0.3, -0.25) is 4.79 Å². The van der Waals surface area contributed by atoms with Crippen molar-refractivity contribution in [2.45, 2.75) is 19.8 Å². The van der Waals surface area contributed by atoms with Crippen LogP contribution in [0.25, 0.3) is 10.9 Å². The van der Waals surface area contributed by atoms with Gasteiger partial charge < -0.3 is 20.1 Å². The van der Waals surface area contributed by atoms with Crippen molar-refractivity contribution in [3.05, 3.63) is 59.8 Å². The number of ether oxygens (including phenoxy) is 1. The van der Waals surface area contributed by atoms with Gasteiger partial charge >= 0.3 is 0 Å². The minimum absolute atomic E-state index is 0.0249. The second-order valence-electron chi connectivity index (χ2n) is 5.83. The Morgan fingerprint density at radius 3 is 2.68 bits per heavy atom. The fourth-order valence-corrected chi connectivity index (χ4v) is 2.89. The fraction of sp³-hybridized carbons (Fsp3) is 0.250. The van der Waals surface area contributed by atoms with Gasteiger partial charge in [-0.05, 0) is 41.8 Å². The fourth-order valence-electron chi connectivity index (χ4n) is 2.89. The molecule has 0 atom stereocenters. The Balaban J connectivity index is 1.66. The second-order valence-corrected chi connectivity index (χ2v) is 5.83. The largest absolute Gasteiger partial charge is 0.491 e. The molecule has 0 aliphatic heterocycles. The maximum absolute atomic E-state index is 12.3. The highest BCUT2D eigenvalue weighted by atomic mass is 16.5. The second kappa shape index (κ2) is 7.85. The molecule has 1 heterocycles. The zero-order valence-electron chi connectivity index (χ0n) is 14.2. The van der Waals surface area contributed by atoms with E-state index in [4.69, 9.17) is 9.84 Å². The van der Waals surface area contributed by atoms with Crippen molar-refractivity contribution in [2.24, 2.45) is 0 Å². The van der Waals surface area contributed by atoms with Crippen molar-refractivity contribution in [3.63, 3.8) is 0 Å². The molecule has 2 aromatic carbocycles. The van der Waals surface area contributed by atoms with Crippen LogP contribution in [0.15, 0.2) is 48.7 Å². The van der Waals surface area contributed by atoms with E-state index in [0.29, 0.717) is 12.2 Å². The van der Waals surface area contributed by atoms with Crippen molar-refractivity contribution in [1.82, 2.24) is 4.98 Å². The minimum Gasteiger partial charge on any atom is -0.491 e. The Labute approximate surface area is 146 Å². The Kier molecular flexibility index (Phi) is 5.36. The number of H-pyrrole nitrogens is 1. The number of benzene rings is 2. The highest BCUT2D eigenvalue weighted by molar-refractivity contribution is 5.96. The number of amides is 1. The van der Waals surface area contributed by atoms with E-state index in [0.717, 1.165) is 28.6 Å². The average molecular weight is 338 g/mol. The normalized spacial score (nSPS) is 10.8. The maximum atomic E-state index is 12.3. The summed E-state index contributed by atoms with van der Waals surface area (Å²) in [4.78, 5) is 15.6. The Morgan fingerprint density at radius 2 is 1.96 bits per heavy atom. The maximum Gasteiger partial charge on any atom is 0.228 e. The van der Waals surface area contributed by atoms with Crippen LogP contribution in [0.3, 0.4) is 0 Å². The van der Waals surface area contributed by atoms with Gasteiger partial charge in [0.05, 0.1) is 13.0 Å². The number of aromatic nitrogens is 1. The molecule has 0 saturated heterocycles.